The lowest BCUT2D eigenvalue weighted by molar-refractivity contribution is -0.825. The van der Waals surface area contributed by atoms with Crippen molar-refractivity contribution in [3.8, 4) is 5.75 Å². The number of hydrogen-bond acceptors (Lipinski definition) is 2. The summed E-state index contributed by atoms with van der Waals surface area (Å²) in [5, 5.41) is 10.9. The minimum atomic E-state index is 0.232. The Hall–Kier alpha value is -1.06. The molecular formula is C10H15NO2. The van der Waals surface area contributed by atoms with Crippen molar-refractivity contribution in [3.05, 3.63) is 35.0 Å². The fourth-order valence-corrected chi connectivity index (χ4v) is 1.11. The van der Waals surface area contributed by atoms with Crippen LogP contribution in [0.5, 0.6) is 5.75 Å². The topological polar surface area (TPSA) is 36.7 Å². The van der Waals surface area contributed by atoms with Gasteiger partial charge in [0.05, 0.1) is 20.7 Å². The van der Waals surface area contributed by atoms with Crippen LogP contribution in [0.2, 0.25) is 0 Å². The van der Waals surface area contributed by atoms with Gasteiger partial charge in [-0.2, -0.15) is 0 Å². The Labute approximate surface area is 78.5 Å². The summed E-state index contributed by atoms with van der Waals surface area (Å²) in [4.78, 5) is 0. The largest absolute Gasteiger partial charge is 0.634 e. The third kappa shape index (κ3) is 3.44. The standard InChI is InChI=1S/C10H15NO2/c1-11(12)8-7-9-3-5-10(13-2)6-4-9/h3-6,11H,7-8H2,1-2H3. The molecule has 1 aromatic rings. The lowest BCUT2D eigenvalue weighted by Crippen LogP contribution is -3.04. The molecule has 0 aliphatic rings. The first-order chi connectivity index (χ1) is 6.22. The zero-order valence-corrected chi connectivity index (χ0v) is 8.04. The second kappa shape index (κ2) is 4.84. The molecule has 3 nitrogen and oxygen atoms in total. The minimum absolute atomic E-state index is 0.232. The van der Waals surface area contributed by atoms with E-state index in [1.54, 1.807) is 14.2 Å². The lowest BCUT2D eigenvalue weighted by Gasteiger charge is -2.15. The van der Waals surface area contributed by atoms with Crippen LogP contribution in [0, 0.1) is 5.21 Å². The predicted molar refractivity (Wildman–Crippen MR) is 51.8 cm³/mol. The van der Waals surface area contributed by atoms with Crippen LogP contribution < -0.4 is 9.80 Å². The van der Waals surface area contributed by atoms with E-state index >= 15 is 0 Å². The van der Waals surface area contributed by atoms with Crippen molar-refractivity contribution in [1.82, 2.24) is 0 Å². The van der Waals surface area contributed by atoms with E-state index in [4.69, 9.17) is 4.74 Å². The summed E-state index contributed by atoms with van der Waals surface area (Å²) in [6.07, 6.45) is 0.819. The highest BCUT2D eigenvalue weighted by Crippen LogP contribution is 2.10. The number of hydroxylamine groups is 2. The molecule has 0 aliphatic heterocycles. The quantitative estimate of drug-likeness (QED) is 0.676. The van der Waals surface area contributed by atoms with E-state index in [2.05, 4.69) is 0 Å². The van der Waals surface area contributed by atoms with E-state index in [1.807, 2.05) is 24.3 Å². The Morgan fingerprint density at radius 2 is 1.92 bits per heavy atom. The van der Waals surface area contributed by atoms with Crippen LogP contribution in [0.1, 0.15) is 5.56 Å². The molecule has 0 saturated heterocycles. The second-order valence-corrected chi connectivity index (χ2v) is 3.05. The molecule has 0 radical (unpaired) electrons. The first-order valence-electron chi connectivity index (χ1n) is 4.34. The van der Waals surface area contributed by atoms with Gasteiger partial charge in [0, 0.05) is 6.42 Å². The Morgan fingerprint density at radius 1 is 1.31 bits per heavy atom. The van der Waals surface area contributed by atoms with Crippen LogP contribution in [0.4, 0.5) is 0 Å². The molecule has 0 aromatic heterocycles. The number of nitrogens with one attached hydrogen (secondary N) is 1. The number of rotatable bonds is 4. The molecule has 0 amide bonds. The molecule has 0 heterocycles. The van der Waals surface area contributed by atoms with Gasteiger partial charge in [-0.1, -0.05) is 12.1 Å². The first kappa shape index (κ1) is 10.0. The average Bonchev–Trinajstić information content (AvgIpc) is 2.15. The van der Waals surface area contributed by atoms with Gasteiger partial charge in [0.2, 0.25) is 0 Å². The molecular weight excluding hydrogens is 166 g/mol. The average molecular weight is 181 g/mol. The van der Waals surface area contributed by atoms with Gasteiger partial charge in [-0.3, -0.25) is 0 Å². The van der Waals surface area contributed by atoms with E-state index in [0.717, 1.165) is 12.2 Å². The van der Waals surface area contributed by atoms with Crippen LogP contribution in [-0.4, -0.2) is 20.7 Å². The zero-order valence-electron chi connectivity index (χ0n) is 8.04. The zero-order chi connectivity index (χ0) is 9.68. The molecule has 0 aliphatic carbocycles. The van der Waals surface area contributed by atoms with Crippen LogP contribution >= 0.6 is 0 Å². The molecule has 1 atom stereocenters. The monoisotopic (exact) mass is 181 g/mol. The van der Waals surface area contributed by atoms with Crippen molar-refractivity contribution in [1.29, 1.82) is 0 Å². The van der Waals surface area contributed by atoms with E-state index in [0.29, 0.717) is 6.54 Å². The second-order valence-electron chi connectivity index (χ2n) is 3.05. The third-order valence-electron chi connectivity index (χ3n) is 1.92. The van der Waals surface area contributed by atoms with Crippen molar-refractivity contribution in [2.45, 2.75) is 6.42 Å². The number of methoxy groups -OCH3 is 1. The highest BCUT2D eigenvalue weighted by Gasteiger charge is 1.95. The van der Waals surface area contributed by atoms with Crippen LogP contribution in [0.25, 0.3) is 0 Å². The normalized spacial score (nSPS) is 12.5. The smallest absolute Gasteiger partial charge is 0.118 e. The van der Waals surface area contributed by atoms with Crippen molar-refractivity contribution >= 4 is 0 Å². The van der Waals surface area contributed by atoms with E-state index < -0.39 is 0 Å². The highest BCUT2D eigenvalue weighted by atomic mass is 16.5. The Kier molecular flexibility index (Phi) is 3.73. The van der Waals surface area contributed by atoms with E-state index in [9.17, 15) is 5.21 Å². The maximum Gasteiger partial charge on any atom is 0.118 e. The van der Waals surface area contributed by atoms with Crippen molar-refractivity contribution in [3.63, 3.8) is 0 Å². The van der Waals surface area contributed by atoms with Gasteiger partial charge in [-0.15, -0.1) is 0 Å². The minimum Gasteiger partial charge on any atom is -0.634 e. The molecule has 1 aromatic carbocycles. The molecule has 0 bridgehead atoms. The fourth-order valence-electron chi connectivity index (χ4n) is 1.11. The van der Waals surface area contributed by atoms with E-state index in [-0.39, 0.29) is 5.06 Å². The van der Waals surface area contributed by atoms with Gasteiger partial charge in [-0.05, 0) is 17.7 Å². The van der Waals surface area contributed by atoms with Crippen molar-refractivity contribution in [2.75, 3.05) is 20.7 Å². The van der Waals surface area contributed by atoms with E-state index in [1.165, 1.54) is 5.56 Å². The number of benzene rings is 1. The molecule has 0 saturated carbocycles. The highest BCUT2D eigenvalue weighted by molar-refractivity contribution is 5.27. The Bertz CT molecular complexity index is 244. The molecule has 3 heteroatoms. The van der Waals surface area contributed by atoms with Gasteiger partial charge in [-0.25, -0.2) is 0 Å². The van der Waals surface area contributed by atoms with Crippen LogP contribution in [-0.2, 0) is 6.42 Å². The molecule has 1 N–H and O–H groups in total. The van der Waals surface area contributed by atoms with Gasteiger partial charge in [0.1, 0.15) is 5.75 Å². The molecule has 1 rings (SSSR count). The van der Waals surface area contributed by atoms with Gasteiger partial charge in [0.15, 0.2) is 0 Å². The molecule has 0 fully saturated rings. The van der Waals surface area contributed by atoms with Gasteiger partial charge < -0.3 is 15.0 Å². The SMILES string of the molecule is COc1ccc(CC[NH+](C)[O-])cc1. The van der Waals surface area contributed by atoms with Crippen LogP contribution in [0.15, 0.2) is 24.3 Å². The number of ether oxygens (including phenoxy) is 1. The summed E-state index contributed by atoms with van der Waals surface area (Å²) in [6.45, 7) is 0.617. The third-order valence-corrected chi connectivity index (χ3v) is 1.92. The number of quaternary nitrogens is 1. The summed E-state index contributed by atoms with van der Waals surface area (Å²) < 4.78 is 5.03. The summed E-state index contributed by atoms with van der Waals surface area (Å²) in [5.41, 5.74) is 1.18. The summed E-state index contributed by atoms with van der Waals surface area (Å²) in [5.74, 6) is 0.853. The molecule has 0 spiro atoms. The summed E-state index contributed by atoms with van der Waals surface area (Å²) in [7, 11) is 3.26. The number of likely N-dealkylation sites (N-methyl/N-ethyl adjacent to an activating group) is 1. The first-order valence-corrected chi connectivity index (χ1v) is 4.34. The number of hydrogen-bond donors (Lipinski definition) is 1. The molecule has 72 valence electrons. The maximum absolute atomic E-state index is 10.7. The summed E-state index contributed by atoms with van der Waals surface area (Å²) in [6, 6.07) is 7.80. The predicted octanol–water partition coefficient (Wildman–Crippen LogP) is 0.250. The fraction of sp³-hybridized carbons (Fsp3) is 0.400. The van der Waals surface area contributed by atoms with Gasteiger partial charge >= 0.3 is 0 Å². The summed E-state index contributed by atoms with van der Waals surface area (Å²) >= 11 is 0. The van der Waals surface area contributed by atoms with Gasteiger partial charge in [0.25, 0.3) is 0 Å². The van der Waals surface area contributed by atoms with Crippen molar-refractivity contribution < 1.29 is 9.80 Å². The maximum atomic E-state index is 10.7. The Balaban J connectivity index is 2.49. The van der Waals surface area contributed by atoms with Crippen molar-refractivity contribution in [2.24, 2.45) is 0 Å². The van der Waals surface area contributed by atoms with Crippen LogP contribution in [0.3, 0.4) is 0 Å². The molecule has 1 unspecified atom stereocenters. The molecule has 13 heavy (non-hydrogen) atoms. The Morgan fingerprint density at radius 3 is 2.38 bits per heavy atom. The lowest BCUT2D eigenvalue weighted by atomic mass is 10.1.